The van der Waals surface area contributed by atoms with E-state index in [0.717, 1.165) is 31.3 Å². The first-order valence-corrected chi connectivity index (χ1v) is 8.52. The van der Waals surface area contributed by atoms with Crippen LogP contribution >= 0.6 is 11.3 Å². The largest absolute Gasteiger partial charge is 0.346 e. The third kappa shape index (κ3) is 4.51. The van der Waals surface area contributed by atoms with Gasteiger partial charge in [0.2, 0.25) is 5.91 Å². The van der Waals surface area contributed by atoms with Crippen molar-refractivity contribution in [2.75, 3.05) is 37.6 Å². The molecule has 1 aliphatic heterocycles. The van der Waals surface area contributed by atoms with Gasteiger partial charge in [-0.05, 0) is 12.8 Å². The Kier molecular flexibility index (Phi) is 5.90. The van der Waals surface area contributed by atoms with Crippen molar-refractivity contribution < 1.29 is 9.59 Å². The van der Waals surface area contributed by atoms with Crippen LogP contribution in [0.2, 0.25) is 0 Å². The van der Waals surface area contributed by atoms with Crippen LogP contribution in [0.1, 0.15) is 20.8 Å². The number of carbonyl (C=O) groups is 2. The number of carbonyl (C=O) groups excluding carboxylic acids is 2. The molecule has 1 aromatic rings. The number of nitrogens with zero attached hydrogens (tertiary/aromatic N) is 3. The Balaban J connectivity index is 1.78. The van der Waals surface area contributed by atoms with Gasteiger partial charge in [0.15, 0.2) is 10.9 Å². The second kappa shape index (κ2) is 7.69. The highest BCUT2D eigenvalue weighted by Gasteiger charge is 2.24. The molecule has 0 saturated carbocycles. The summed E-state index contributed by atoms with van der Waals surface area (Å²) in [4.78, 5) is 32.3. The van der Waals surface area contributed by atoms with E-state index in [2.05, 4.69) is 20.1 Å². The summed E-state index contributed by atoms with van der Waals surface area (Å²) >= 11 is 1.64. The van der Waals surface area contributed by atoms with Crippen LogP contribution in [0, 0.1) is 5.92 Å². The molecule has 2 rings (SSSR count). The molecule has 2 heterocycles. The van der Waals surface area contributed by atoms with Gasteiger partial charge in [-0.3, -0.25) is 14.5 Å². The predicted molar refractivity (Wildman–Crippen MR) is 88.2 cm³/mol. The molecule has 0 bridgehead atoms. The number of amides is 1. The normalized spacial score (nSPS) is 17.5. The lowest BCUT2D eigenvalue weighted by molar-refractivity contribution is -0.128. The lowest BCUT2D eigenvalue weighted by Crippen LogP contribution is -2.52. The van der Waals surface area contributed by atoms with Crippen LogP contribution < -0.4 is 10.2 Å². The maximum absolute atomic E-state index is 12.1. The molecule has 0 aromatic carbocycles. The molecule has 0 spiro atoms. The average Bonchev–Trinajstić information content (AvgIpc) is 2.99. The summed E-state index contributed by atoms with van der Waals surface area (Å²) in [6, 6.07) is -0.385. The third-order valence-corrected chi connectivity index (χ3v) is 4.68. The van der Waals surface area contributed by atoms with Crippen molar-refractivity contribution in [1.29, 1.82) is 0 Å². The highest BCUT2D eigenvalue weighted by molar-refractivity contribution is 7.13. The predicted octanol–water partition coefficient (Wildman–Crippen LogP) is 0.995. The zero-order valence-electron chi connectivity index (χ0n) is 13.4. The molecule has 1 fully saturated rings. The highest BCUT2D eigenvalue weighted by Crippen LogP contribution is 2.18. The van der Waals surface area contributed by atoms with E-state index in [-0.39, 0.29) is 23.7 Å². The molecule has 1 aliphatic rings. The number of hydrogen-bond donors (Lipinski definition) is 1. The molecule has 1 unspecified atom stereocenters. The van der Waals surface area contributed by atoms with Gasteiger partial charge in [0.25, 0.3) is 0 Å². The minimum absolute atomic E-state index is 0.0111. The first-order chi connectivity index (χ1) is 10.5. The first-order valence-electron chi connectivity index (χ1n) is 7.64. The second-order valence-electron chi connectivity index (χ2n) is 5.98. The Bertz CT molecular complexity index is 496. The van der Waals surface area contributed by atoms with Crippen molar-refractivity contribution in [3.8, 4) is 0 Å². The molecule has 122 valence electrons. The van der Waals surface area contributed by atoms with Gasteiger partial charge in [-0.25, -0.2) is 4.98 Å². The van der Waals surface area contributed by atoms with E-state index in [0.29, 0.717) is 6.54 Å². The van der Waals surface area contributed by atoms with Crippen molar-refractivity contribution in [2.45, 2.75) is 26.8 Å². The van der Waals surface area contributed by atoms with E-state index in [1.165, 1.54) is 6.92 Å². The smallest absolute Gasteiger partial charge is 0.234 e. The number of Topliss-reactive ketones (excluding diaryl/α,β-unsaturated/α-hetero) is 1. The highest BCUT2D eigenvalue weighted by atomic mass is 32.1. The lowest BCUT2D eigenvalue weighted by Gasteiger charge is -2.34. The molecule has 1 aromatic heterocycles. The molecule has 22 heavy (non-hydrogen) atoms. The number of thiazole rings is 1. The number of hydrogen-bond acceptors (Lipinski definition) is 6. The maximum atomic E-state index is 12.1. The molecule has 0 aliphatic carbocycles. The summed E-state index contributed by atoms with van der Waals surface area (Å²) in [6.07, 6.45) is 1.81. The van der Waals surface area contributed by atoms with Gasteiger partial charge in [0.1, 0.15) is 0 Å². The SMILES string of the molecule is CC(=O)C(NC(=O)CN1CCN(c2nccs2)CC1)C(C)C. The molecule has 0 radical (unpaired) electrons. The van der Waals surface area contributed by atoms with E-state index in [9.17, 15) is 9.59 Å². The molecule has 7 heteroatoms. The lowest BCUT2D eigenvalue weighted by atomic mass is 10.0. The summed E-state index contributed by atoms with van der Waals surface area (Å²) in [5, 5.41) is 5.87. The van der Waals surface area contributed by atoms with Crippen LogP contribution in [0.5, 0.6) is 0 Å². The van der Waals surface area contributed by atoms with E-state index < -0.39 is 0 Å². The number of ketones is 1. The fourth-order valence-electron chi connectivity index (χ4n) is 2.63. The van der Waals surface area contributed by atoms with E-state index in [4.69, 9.17) is 0 Å². The molecule has 1 saturated heterocycles. The van der Waals surface area contributed by atoms with Crippen LogP contribution in [0.15, 0.2) is 11.6 Å². The summed E-state index contributed by atoms with van der Waals surface area (Å²) in [6.45, 7) is 9.18. The number of rotatable bonds is 6. The van der Waals surface area contributed by atoms with E-state index in [1.54, 1.807) is 11.3 Å². The topological polar surface area (TPSA) is 65.5 Å². The number of aromatic nitrogens is 1. The van der Waals surface area contributed by atoms with Crippen LogP contribution in [0.3, 0.4) is 0 Å². The maximum Gasteiger partial charge on any atom is 0.234 e. The van der Waals surface area contributed by atoms with Crippen molar-refractivity contribution in [2.24, 2.45) is 5.92 Å². The van der Waals surface area contributed by atoms with Gasteiger partial charge in [0, 0.05) is 37.8 Å². The molecule has 6 nitrogen and oxygen atoms in total. The van der Waals surface area contributed by atoms with Crippen LogP contribution in [-0.4, -0.2) is 60.3 Å². The minimum atomic E-state index is -0.385. The van der Waals surface area contributed by atoms with Gasteiger partial charge >= 0.3 is 0 Å². The molecule has 1 amide bonds. The van der Waals surface area contributed by atoms with E-state index >= 15 is 0 Å². The van der Waals surface area contributed by atoms with Gasteiger partial charge in [0.05, 0.1) is 12.6 Å². The Morgan fingerprint density at radius 3 is 2.50 bits per heavy atom. The standard InChI is InChI=1S/C15H24N4O2S/c1-11(2)14(12(3)20)17-13(21)10-18-5-7-19(8-6-18)15-16-4-9-22-15/h4,9,11,14H,5-8,10H2,1-3H3,(H,17,21). The second-order valence-corrected chi connectivity index (χ2v) is 6.85. The zero-order chi connectivity index (χ0) is 16.1. The summed E-state index contributed by atoms with van der Waals surface area (Å²) in [7, 11) is 0. The van der Waals surface area contributed by atoms with Crippen molar-refractivity contribution in [3.05, 3.63) is 11.6 Å². The monoisotopic (exact) mass is 324 g/mol. The zero-order valence-corrected chi connectivity index (χ0v) is 14.2. The number of nitrogens with one attached hydrogen (secondary N) is 1. The van der Waals surface area contributed by atoms with Crippen LogP contribution in [-0.2, 0) is 9.59 Å². The Morgan fingerprint density at radius 1 is 1.32 bits per heavy atom. The molecular formula is C15H24N4O2S. The van der Waals surface area contributed by atoms with Crippen LogP contribution in [0.4, 0.5) is 5.13 Å². The number of piperazine rings is 1. The molecular weight excluding hydrogens is 300 g/mol. The Hall–Kier alpha value is -1.47. The first kappa shape index (κ1) is 16.9. The summed E-state index contributed by atoms with van der Waals surface area (Å²) in [5.74, 6) is 0.0525. The van der Waals surface area contributed by atoms with Crippen molar-refractivity contribution in [1.82, 2.24) is 15.2 Å². The number of anilines is 1. The van der Waals surface area contributed by atoms with E-state index in [1.807, 2.05) is 25.4 Å². The Morgan fingerprint density at radius 2 is 2.00 bits per heavy atom. The third-order valence-electron chi connectivity index (χ3n) is 3.85. The quantitative estimate of drug-likeness (QED) is 0.845. The molecule has 1 N–H and O–H groups in total. The van der Waals surface area contributed by atoms with Gasteiger partial charge < -0.3 is 10.2 Å². The summed E-state index contributed by atoms with van der Waals surface area (Å²) in [5.41, 5.74) is 0. The Labute approximate surface area is 135 Å². The molecule has 1 atom stereocenters. The van der Waals surface area contributed by atoms with Gasteiger partial charge in [-0.2, -0.15) is 0 Å². The van der Waals surface area contributed by atoms with Crippen molar-refractivity contribution in [3.63, 3.8) is 0 Å². The van der Waals surface area contributed by atoms with Gasteiger partial charge in [-0.1, -0.05) is 13.8 Å². The average molecular weight is 324 g/mol. The fourth-order valence-corrected chi connectivity index (χ4v) is 3.33. The van der Waals surface area contributed by atoms with Crippen molar-refractivity contribution >= 4 is 28.2 Å². The van der Waals surface area contributed by atoms with Gasteiger partial charge in [-0.15, -0.1) is 11.3 Å². The summed E-state index contributed by atoms with van der Waals surface area (Å²) < 4.78 is 0. The minimum Gasteiger partial charge on any atom is -0.346 e. The van der Waals surface area contributed by atoms with Crippen LogP contribution in [0.25, 0.3) is 0 Å². The fraction of sp³-hybridized carbons (Fsp3) is 0.667.